The van der Waals surface area contributed by atoms with Gasteiger partial charge in [-0.25, -0.2) is 0 Å². The van der Waals surface area contributed by atoms with Crippen LogP contribution in [-0.2, 0) is 11.3 Å². The summed E-state index contributed by atoms with van der Waals surface area (Å²) in [6.45, 7) is 3.81. The number of hydrogen-bond donors (Lipinski definition) is 2. The number of likely N-dealkylation sites (tertiary alicyclic amines) is 1. The van der Waals surface area contributed by atoms with Crippen molar-refractivity contribution < 1.29 is 4.79 Å². The number of piperidine rings is 1. The highest BCUT2D eigenvalue weighted by Gasteiger charge is 2.26. The van der Waals surface area contributed by atoms with Crippen molar-refractivity contribution in [2.45, 2.75) is 44.3 Å². The van der Waals surface area contributed by atoms with Crippen molar-refractivity contribution in [1.29, 1.82) is 0 Å². The van der Waals surface area contributed by atoms with Crippen LogP contribution in [0.5, 0.6) is 0 Å². The Bertz CT molecular complexity index is 559. The molecule has 1 aromatic rings. The minimum absolute atomic E-state index is 0. The summed E-state index contributed by atoms with van der Waals surface area (Å²) in [5.74, 6) is 0.172. The highest BCUT2D eigenvalue weighted by molar-refractivity contribution is 6.42. The second-order valence-corrected chi connectivity index (χ2v) is 7.27. The van der Waals surface area contributed by atoms with Gasteiger partial charge in [-0.15, -0.1) is 24.8 Å². The Kier molecular flexibility index (Phi) is 9.86. The third kappa shape index (κ3) is 6.46. The molecule has 1 unspecified atom stereocenters. The molecule has 1 amide bonds. The van der Waals surface area contributed by atoms with Gasteiger partial charge in [-0.1, -0.05) is 29.3 Å². The van der Waals surface area contributed by atoms with E-state index in [-0.39, 0.29) is 36.8 Å². The molecule has 25 heavy (non-hydrogen) atoms. The van der Waals surface area contributed by atoms with E-state index < -0.39 is 0 Å². The molecular formula is C17H25Cl4N3O. The van der Waals surface area contributed by atoms with E-state index in [1.165, 1.54) is 5.56 Å². The second-order valence-electron chi connectivity index (χ2n) is 6.46. The van der Waals surface area contributed by atoms with Gasteiger partial charge < -0.3 is 10.6 Å². The van der Waals surface area contributed by atoms with E-state index in [1.54, 1.807) is 0 Å². The van der Waals surface area contributed by atoms with Crippen LogP contribution in [0.25, 0.3) is 0 Å². The molecule has 142 valence electrons. The average Bonchev–Trinajstić information content (AvgIpc) is 3.07. The maximum absolute atomic E-state index is 12.1. The van der Waals surface area contributed by atoms with E-state index in [1.807, 2.05) is 18.2 Å². The number of hydrogen-bond acceptors (Lipinski definition) is 3. The fourth-order valence-electron chi connectivity index (χ4n) is 3.34. The molecule has 1 aromatic carbocycles. The molecule has 0 spiro atoms. The van der Waals surface area contributed by atoms with Gasteiger partial charge in [-0.2, -0.15) is 0 Å². The monoisotopic (exact) mass is 427 g/mol. The number of carbonyl (C=O) groups is 1. The molecular weight excluding hydrogens is 404 g/mol. The van der Waals surface area contributed by atoms with Crippen molar-refractivity contribution in [3.8, 4) is 0 Å². The van der Waals surface area contributed by atoms with Crippen LogP contribution in [0.3, 0.4) is 0 Å². The van der Waals surface area contributed by atoms with Gasteiger partial charge in [0.2, 0.25) is 5.91 Å². The molecule has 0 aliphatic carbocycles. The molecule has 2 saturated heterocycles. The predicted molar refractivity (Wildman–Crippen MR) is 108 cm³/mol. The van der Waals surface area contributed by atoms with Gasteiger partial charge in [0.15, 0.2) is 0 Å². The number of carbonyl (C=O) groups excluding carboxylic acids is 1. The van der Waals surface area contributed by atoms with Crippen molar-refractivity contribution >= 4 is 53.9 Å². The first kappa shape index (κ1) is 22.8. The van der Waals surface area contributed by atoms with Crippen molar-refractivity contribution in [3.05, 3.63) is 33.8 Å². The summed E-state index contributed by atoms with van der Waals surface area (Å²) < 4.78 is 0. The summed E-state index contributed by atoms with van der Waals surface area (Å²) in [4.78, 5) is 14.5. The van der Waals surface area contributed by atoms with Crippen molar-refractivity contribution in [2.24, 2.45) is 0 Å². The smallest absolute Gasteiger partial charge is 0.237 e. The van der Waals surface area contributed by atoms with Crippen molar-refractivity contribution in [3.63, 3.8) is 0 Å². The number of amides is 1. The minimum Gasteiger partial charge on any atom is -0.352 e. The normalized spacial score (nSPS) is 21.3. The van der Waals surface area contributed by atoms with Crippen LogP contribution in [0.1, 0.15) is 31.2 Å². The zero-order chi connectivity index (χ0) is 16.2. The zero-order valence-electron chi connectivity index (χ0n) is 14.0. The van der Waals surface area contributed by atoms with Gasteiger partial charge in [-0.05, 0) is 49.9 Å². The Morgan fingerprint density at radius 2 is 1.88 bits per heavy atom. The van der Waals surface area contributed by atoms with Crippen LogP contribution < -0.4 is 10.6 Å². The van der Waals surface area contributed by atoms with Gasteiger partial charge in [0.1, 0.15) is 0 Å². The maximum atomic E-state index is 12.1. The molecule has 2 aliphatic heterocycles. The molecule has 3 rings (SSSR count). The van der Waals surface area contributed by atoms with E-state index >= 15 is 0 Å². The van der Waals surface area contributed by atoms with Crippen LogP contribution in [0, 0.1) is 0 Å². The number of benzene rings is 1. The highest BCUT2D eigenvalue weighted by Crippen LogP contribution is 2.24. The van der Waals surface area contributed by atoms with Crippen molar-refractivity contribution in [1.82, 2.24) is 15.5 Å². The molecule has 0 aromatic heterocycles. The van der Waals surface area contributed by atoms with Crippen LogP contribution in [-0.4, -0.2) is 42.5 Å². The van der Waals surface area contributed by atoms with Gasteiger partial charge in [-0.3, -0.25) is 9.69 Å². The molecule has 4 nitrogen and oxygen atoms in total. The lowest BCUT2D eigenvalue weighted by atomic mass is 10.0. The Balaban J connectivity index is 0.00000156. The molecule has 0 radical (unpaired) electrons. The molecule has 2 N–H and O–H groups in total. The fraction of sp³-hybridized carbons (Fsp3) is 0.588. The van der Waals surface area contributed by atoms with Crippen LogP contribution in [0.4, 0.5) is 0 Å². The highest BCUT2D eigenvalue weighted by atomic mass is 35.5. The molecule has 1 atom stereocenters. The molecule has 2 aliphatic rings. The van der Waals surface area contributed by atoms with Gasteiger partial charge in [0.25, 0.3) is 0 Å². The van der Waals surface area contributed by atoms with E-state index in [0.717, 1.165) is 51.9 Å². The van der Waals surface area contributed by atoms with Crippen LogP contribution in [0.15, 0.2) is 18.2 Å². The van der Waals surface area contributed by atoms with Gasteiger partial charge in [0.05, 0.1) is 16.1 Å². The lowest BCUT2D eigenvalue weighted by Gasteiger charge is -2.33. The van der Waals surface area contributed by atoms with E-state index in [4.69, 9.17) is 23.2 Å². The second kappa shape index (κ2) is 10.8. The summed E-state index contributed by atoms with van der Waals surface area (Å²) in [5.41, 5.74) is 1.18. The lowest BCUT2D eigenvalue weighted by Crippen LogP contribution is -2.49. The molecule has 2 heterocycles. The first-order valence-corrected chi connectivity index (χ1v) is 9.07. The first-order valence-electron chi connectivity index (χ1n) is 8.32. The summed E-state index contributed by atoms with van der Waals surface area (Å²) >= 11 is 12.0. The molecule has 0 saturated carbocycles. The van der Waals surface area contributed by atoms with E-state index in [9.17, 15) is 4.79 Å². The van der Waals surface area contributed by atoms with Gasteiger partial charge >= 0.3 is 0 Å². The summed E-state index contributed by atoms with van der Waals surface area (Å²) in [6, 6.07) is 6.12. The quantitative estimate of drug-likeness (QED) is 0.768. The Morgan fingerprint density at radius 1 is 1.16 bits per heavy atom. The number of halogens is 4. The predicted octanol–water partition coefficient (Wildman–Crippen LogP) is 3.67. The zero-order valence-corrected chi connectivity index (χ0v) is 17.1. The summed E-state index contributed by atoms with van der Waals surface area (Å²) in [7, 11) is 0. The fourth-order valence-corrected chi connectivity index (χ4v) is 3.66. The van der Waals surface area contributed by atoms with E-state index in [2.05, 4.69) is 15.5 Å². The summed E-state index contributed by atoms with van der Waals surface area (Å²) in [5, 5.41) is 7.65. The third-order valence-corrected chi connectivity index (χ3v) is 5.44. The number of nitrogens with one attached hydrogen (secondary N) is 2. The third-order valence-electron chi connectivity index (χ3n) is 4.70. The Hall–Kier alpha value is -0.230. The number of nitrogens with zero attached hydrogens (tertiary/aromatic N) is 1. The van der Waals surface area contributed by atoms with Gasteiger partial charge in [0, 0.05) is 25.7 Å². The Morgan fingerprint density at radius 3 is 2.48 bits per heavy atom. The topological polar surface area (TPSA) is 44.4 Å². The minimum atomic E-state index is 0. The average molecular weight is 429 g/mol. The Labute approximate surface area is 171 Å². The maximum Gasteiger partial charge on any atom is 0.237 e. The summed E-state index contributed by atoms with van der Waals surface area (Å²) in [6.07, 6.45) is 4.06. The van der Waals surface area contributed by atoms with Crippen molar-refractivity contribution in [2.75, 3.05) is 19.6 Å². The lowest BCUT2D eigenvalue weighted by molar-refractivity contribution is -0.123. The molecule has 0 bridgehead atoms. The first-order chi connectivity index (χ1) is 11.1. The molecule has 2 fully saturated rings. The SMILES string of the molecule is Cl.Cl.O=C(NC1CCN(Cc2ccc(Cl)c(Cl)c2)CC1)C1CCCN1. The standard InChI is InChI=1S/C17H23Cl2N3O.2ClH/c18-14-4-3-12(10-15(14)19)11-22-8-5-13(6-9-22)21-17(23)16-2-1-7-20-16;;/h3-4,10,13,16,20H,1-2,5-9,11H2,(H,21,23);2*1H. The van der Waals surface area contributed by atoms with Crippen LogP contribution >= 0.6 is 48.0 Å². The van der Waals surface area contributed by atoms with Crippen LogP contribution in [0.2, 0.25) is 10.0 Å². The largest absolute Gasteiger partial charge is 0.352 e. The van der Waals surface area contributed by atoms with E-state index in [0.29, 0.717) is 16.1 Å². The molecule has 8 heteroatoms. The number of rotatable bonds is 4.